The van der Waals surface area contributed by atoms with Crippen LogP contribution in [0.2, 0.25) is 0 Å². The number of carbonyl (C=O) groups is 1. The summed E-state index contributed by atoms with van der Waals surface area (Å²) >= 11 is 0. The molecule has 0 bridgehead atoms. The average molecular weight is 575 g/mol. The minimum atomic E-state index is -4.26. The summed E-state index contributed by atoms with van der Waals surface area (Å²) < 4.78 is 60.5. The quantitative estimate of drug-likeness (QED) is 0.286. The fraction of sp³-hybridized carbons (Fsp3) is 0.240. The zero-order chi connectivity index (χ0) is 28.2. The monoisotopic (exact) mass is 574 g/mol. The number of amides is 1. The van der Waals surface area contributed by atoms with Crippen LogP contribution in [0.1, 0.15) is 12.8 Å². The van der Waals surface area contributed by atoms with Gasteiger partial charge in [-0.3, -0.25) is 19.2 Å². The van der Waals surface area contributed by atoms with Crippen molar-refractivity contribution in [2.24, 2.45) is 0 Å². The van der Waals surface area contributed by atoms with E-state index >= 15 is 0 Å². The summed E-state index contributed by atoms with van der Waals surface area (Å²) in [5.74, 6) is -0.613. The number of nitro benzene ring substituents is 1. The van der Waals surface area contributed by atoms with Crippen molar-refractivity contribution >= 4 is 43.0 Å². The predicted molar refractivity (Wildman–Crippen MR) is 144 cm³/mol. The van der Waals surface area contributed by atoms with E-state index in [1.807, 2.05) is 0 Å². The van der Waals surface area contributed by atoms with E-state index in [2.05, 4.69) is 5.32 Å². The van der Waals surface area contributed by atoms with Gasteiger partial charge in [0, 0.05) is 25.2 Å². The van der Waals surface area contributed by atoms with Crippen molar-refractivity contribution in [2.75, 3.05) is 36.4 Å². The molecule has 1 heterocycles. The van der Waals surface area contributed by atoms with Gasteiger partial charge in [-0.25, -0.2) is 16.8 Å². The molecule has 0 atom stereocenters. The molecule has 1 saturated heterocycles. The van der Waals surface area contributed by atoms with E-state index in [4.69, 9.17) is 4.74 Å². The molecule has 0 saturated carbocycles. The Morgan fingerprint density at radius 2 is 1.62 bits per heavy atom. The van der Waals surface area contributed by atoms with Crippen molar-refractivity contribution in [1.82, 2.24) is 4.31 Å². The highest BCUT2D eigenvalue weighted by atomic mass is 32.2. The number of anilines is 2. The molecule has 0 unspecified atom stereocenters. The van der Waals surface area contributed by atoms with Crippen molar-refractivity contribution in [3.8, 4) is 5.75 Å². The topological polar surface area (TPSA) is 156 Å². The van der Waals surface area contributed by atoms with E-state index in [1.165, 1.54) is 66.0 Å². The standard InChI is InChI=1S/C25H26N4O8S2/c1-37-24-14-13-22(38(33,34)27-15-5-6-16-27)17-23(24)26-25(30)18-28(19-9-11-20(12-10-19)29(31)32)39(35,36)21-7-3-2-4-8-21/h2-4,7-14,17H,5-6,15-16,18H2,1H3,(H,26,30). The molecule has 4 rings (SSSR count). The predicted octanol–water partition coefficient (Wildman–Crippen LogP) is 3.22. The maximum atomic E-state index is 13.5. The molecule has 0 aliphatic carbocycles. The SMILES string of the molecule is COc1ccc(S(=O)(=O)N2CCCC2)cc1NC(=O)CN(c1ccc([N+](=O)[O-])cc1)S(=O)(=O)c1ccccc1. The van der Waals surface area contributed by atoms with Crippen molar-refractivity contribution in [3.05, 3.63) is 82.9 Å². The van der Waals surface area contributed by atoms with E-state index in [1.54, 1.807) is 6.07 Å². The highest BCUT2D eigenvalue weighted by Gasteiger charge is 2.30. The molecule has 1 amide bonds. The third kappa shape index (κ3) is 6.02. The number of sulfonamides is 2. The Morgan fingerprint density at radius 3 is 2.21 bits per heavy atom. The Morgan fingerprint density at radius 1 is 0.974 bits per heavy atom. The average Bonchev–Trinajstić information content (AvgIpc) is 3.48. The Kier molecular flexibility index (Phi) is 8.18. The second-order valence-corrected chi connectivity index (χ2v) is 12.4. The van der Waals surface area contributed by atoms with Crippen LogP contribution in [0, 0.1) is 10.1 Å². The minimum Gasteiger partial charge on any atom is -0.495 e. The van der Waals surface area contributed by atoms with Gasteiger partial charge >= 0.3 is 0 Å². The van der Waals surface area contributed by atoms with Gasteiger partial charge in [-0.2, -0.15) is 4.31 Å². The maximum Gasteiger partial charge on any atom is 0.269 e. The van der Waals surface area contributed by atoms with Gasteiger partial charge in [0.15, 0.2) is 0 Å². The van der Waals surface area contributed by atoms with Gasteiger partial charge < -0.3 is 10.1 Å². The summed E-state index contributed by atoms with van der Waals surface area (Å²) in [5.41, 5.74) is -0.179. The number of nitrogens with one attached hydrogen (secondary N) is 1. The first-order chi connectivity index (χ1) is 18.5. The van der Waals surface area contributed by atoms with Crippen LogP contribution in [0.3, 0.4) is 0 Å². The number of benzene rings is 3. The molecule has 0 radical (unpaired) electrons. The van der Waals surface area contributed by atoms with E-state index < -0.39 is 37.4 Å². The molecule has 1 fully saturated rings. The number of methoxy groups -OCH3 is 1. The van der Waals surface area contributed by atoms with Crippen LogP contribution in [-0.2, 0) is 24.8 Å². The minimum absolute atomic E-state index is 0.0249. The molecule has 3 aromatic rings. The third-order valence-corrected chi connectivity index (χ3v) is 9.80. The van der Waals surface area contributed by atoms with Gasteiger partial charge in [0.05, 0.1) is 33.2 Å². The zero-order valence-corrected chi connectivity index (χ0v) is 22.5. The van der Waals surface area contributed by atoms with Gasteiger partial charge in [-0.15, -0.1) is 0 Å². The fourth-order valence-electron chi connectivity index (χ4n) is 4.12. The van der Waals surface area contributed by atoms with E-state index in [-0.39, 0.29) is 32.6 Å². The van der Waals surface area contributed by atoms with Crippen molar-refractivity contribution in [2.45, 2.75) is 22.6 Å². The van der Waals surface area contributed by atoms with Crippen LogP contribution in [0.4, 0.5) is 17.1 Å². The highest BCUT2D eigenvalue weighted by Crippen LogP contribution is 2.31. The summed E-state index contributed by atoms with van der Waals surface area (Å²) in [6.45, 7) is 0.0937. The summed E-state index contributed by atoms with van der Waals surface area (Å²) in [5, 5.41) is 13.6. The summed E-state index contributed by atoms with van der Waals surface area (Å²) in [7, 11) is -6.71. The fourth-order valence-corrected chi connectivity index (χ4v) is 7.10. The molecule has 1 aliphatic rings. The van der Waals surface area contributed by atoms with Gasteiger partial charge in [-0.1, -0.05) is 18.2 Å². The molecule has 39 heavy (non-hydrogen) atoms. The maximum absolute atomic E-state index is 13.5. The van der Waals surface area contributed by atoms with Crippen molar-refractivity contribution in [1.29, 1.82) is 0 Å². The molecular weight excluding hydrogens is 548 g/mol. The van der Waals surface area contributed by atoms with Crippen molar-refractivity contribution in [3.63, 3.8) is 0 Å². The molecule has 0 aromatic heterocycles. The van der Waals surface area contributed by atoms with Gasteiger partial charge in [0.25, 0.3) is 15.7 Å². The number of rotatable bonds is 10. The Labute approximate surface area is 226 Å². The second-order valence-electron chi connectivity index (χ2n) is 8.62. The highest BCUT2D eigenvalue weighted by molar-refractivity contribution is 7.92. The first kappa shape index (κ1) is 28.0. The van der Waals surface area contributed by atoms with E-state index in [0.717, 1.165) is 29.3 Å². The molecule has 14 heteroatoms. The molecule has 206 valence electrons. The first-order valence-electron chi connectivity index (χ1n) is 11.8. The lowest BCUT2D eigenvalue weighted by Gasteiger charge is -2.24. The Balaban J connectivity index is 1.66. The molecule has 3 aromatic carbocycles. The smallest absolute Gasteiger partial charge is 0.269 e. The van der Waals surface area contributed by atoms with Gasteiger partial charge in [0.2, 0.25) is 15.9 Å². The molecule has 12 nitrogen and oxygen atoms in total. The molecule has 0 spiro atoms. The Hall–Kier alpha value is -4.01. The van der Waals surface area contributed by atoms with Gasteiger partial charge in [0.1, 0.15) is 12.3 Å². The lowest BCUT2D eigenvalue weighted by molar-refractivity contribution is -0.384. The van der Waals surface area contributed by atoms with Crippen LogP contribution in [0.15, 0.2) is 82.6 Å². The van der Waals surface area contributed by atoms with Crippen LogP contribution in [0.5, 0.6) is 5.75 Å². The van der Waals surface area contributed by atoms with Crippen LogP contribution < -0.4 is 14.4 Å². The van der Waals surface area contributed by atoms with E-state index in [9.17, 15) is 31.7 Å². The lowest BCUT2D eigenvalue weighted by Crippen LogP contribution is -2.38. The third-order valence-electron chi connectivity index (χ3n) is 6.11. The molecule has 1 N–H and O–H groups in total. The number of carbonyl (C=O) groups excluding carboxylic acids is 1. The number of ether oxygens (including phenoxy) is 1. The number of hydrogen-bond acceptors (Lipinski definition) is 8. The normalized spacial score (nSPS) is 14.1. The first-order valence-corrected chi connectivity index (χ1v) is 14.7. The van der Waals surface area contributed by atoms with Crippen LogP contribution >= 0.6 is 0 Å². The zero-order valence-electron chi connectivity index (χ0n) is 20.9. The number of nitrogens with zero attached hydrogens (tertiary/aromatic N) is 3. The number of nitro groups is 1. The summed E-state index contributed by atoms with van der Waals surface area (Å²) in [6, 6.07) is 16.2. The van der Waals surface area contributed by atoms with Gasteiger partial charge in [-0.05, 0) is 55.3 Å². The second kappa shape index (κ2) is 11.4. The van der Waals surface area contributed by atoms with Crippen LogP contribution in [0.25, 0.3) is 0 Å². The Bertz CT molecular complexity index is 1570. The number of hydrogen-bond donors (Lipinski definition) is 1. The van der Waals surface area contributed by atoms with Crippen LogP contribution in [-0.4, -0.2) is 58.7 Å². The van der Waals surface area contributed by atoms with E-state index in [0.29, 0.717) is 13.1 Å². The summed E-state index contributed by atoms with van der Waals surface area (Å²) in [4.78, 5) is 23.5. The largest absolute Gasteiger partial charge is 0.495 e. The molecular formula is C25H26N4O8S2. The number of non-ortho nitro benzene ring substituents is 1. The molecule has 1 aliphatic heterocycles. The van der Waals surface area contributed by atoms with Crippen molar-refractivity contribution < 1.29 is 31.3 Å². The lowest BCUT2D eigenvalue weighted by atomic mass is 10.2. The summed E-state index contributed by atoms with van der Waals surface area (Å²) in [6.07, 6.45) is 1.51.